The number of hydrogen-bond acceptors (Lipinski definition) is 7. The maximum absolute atomic E-state index is 14.0. The lowest BCUT2D eigenvalue weighted by atomic mass is 10.1. The zero-order valence-electron chi connectivity index (χ0n) is 29.2. The van der Waals surface area contributed by atoms with Gasteiger partial charge in [-0.05, 0) is 99.3 Å². The topological polar surface area (TPSA) is 102 Å². The van der Waals surface area contributed by atoms with Crippen molar-refractivity contribution in [3.05, 3.63) is 72.3 Å². The molecule has 0 saturated carbocycles. The highest BCUT2D eigenvalue weighted by molar-refractivity contribution is 6.06. The van der Waals surface area contributed by atoms with Crippen LogP contribution in [-0.4, -0.2) is 75.5 Å². The number of methoxy groups -OCH3 is 1. The van der Waals surface area contributed by atoms with Crippen molar-refractivity contribution in [1.82, 2.24) is 10.2 Å². The van der Waals surface area contributed by atoms with Gasteiger partial charge in [-0.25, -0.2) is 4.79 Å². The first kappa shape index (κ1) is 36.0. The van der Waals surface area contributed by atoms with E-state index in [9.17, 15) is 9.59 Å². The summed E-state index contributed by atoms with van der Waals surface area (Å²) in [7, 11) is 1.56. The summed E-state index contributed by atoms with van der Waals surface area (Å²) in [5.41, 5.74) is 1.96. The number of urea groups is 1. The van der Waals surface area contributed by atoms with E-state index in [0.29, 0.717) is 48.3 Å². The van der Waals surface area contributed by atoms with Gasteiger partial charge >= 0.3 is 6.03 Å². The SMILES string of the molecule is CCCCCNC(=O)Nc1ccc(Oc2ccc(N(C(=O)c3ccc(OC4CCN(CCCC)CC4)cc3)C3CCOC3)cc2)c(OC)c1. The normalized spacial score (nSPS) is 16.6. The lowest BCUT2D eigenvalue weighted by molar-refractivity contribution is 0.0970. The van der Waals surface area contributed by atoms with Gasteiger partial charge in [0, 0.05) is 49.2 Å². The quantitative estimate of drug-likeness (QED) is 0.149. The number of benzene rings is 3. The average molecular weight is 673 g/mol. The van der Waals surface area contributed by atoms with Crippen LogP contribution in [0, 0.1) is 0 Å². The highest BCUT2D eigenvalue weighted by Crippen LogP contribution is 2.35. The number of nitrogens with zero attached hydrogens (tertiary/aromatic N) is 2. The molecule has 2 heterocycles. The van der Waals surface area contributed by atoms with Crippen molar-refractivity contribution < 1.29 is 28.5 Å². The molecule has 10 heteroatoms. The Hall–Kier alpha value is -4.28. The van der Waals surface area contributed by atoms with Crippen LogP contribution < -0.4 is 29.7 Å². The van der Waals surface area contributed by atoms with Crippen LogP contribution in [0.2, 0.25) is 0 Å². The van der Waals surface area contributed by atoms with Gasteiger partial charge in [0.25, 0.3) is 5.91 Å². The van der Waals surface area contributed by atoms with Gasteiger partial charge in [-0.2, -0.15) is 0 Å². The second kappa shape index (κ2) is 18.5. The van der Waals surface area contributed by atoms with Crippen molar-refractivity contribution in [3.8, 4) is 23.0 Å². The molecule has 2 fully saturated rings. The molecule has 0 spiro atoms. The van der Waals surface area contributed by atoms with Crippen LogP contribution in [0.4, 0.5) is 16.2 Å². The summed E-state index contributed by atoms with van der Waals surface area (Å²) in [6, 6.07) is 19.9. The number of likely N-dealkylation sites (tertiary alicyclic amines) is 1. The van der Waals surface area contributed by atoms with Crippen LogP contribution in [0.5, 0.6) is 23.0 Å². The first-order valence-corrected chi connectivity index (χ1v) is 17.9. The molecule has 5 rings (SSSR count). The number of nitrogens with one attached hydrogen (secondary N) is 2. The predicted octanol–water partition coefficient (Wildman–Crippen LogP) is 7.88. The van der Waals surface area contributed by atoms with Crippen molar-refractivity contribution >= 4 is 23.3 Å². The molecule has 1 atom stereocenters. The summed E-state index contributed by atoms with van der Waals surface area (Å²) in [6.45, 7) is 9.39. The third-order valence-corrected chi connectivity index (χ3v) is 9.09. The van der Waals surface area contributed by atoms with Gasteiger partial charge in [-0.15, -0.1) is 0 Å². The Balaban J connectivity index is 1.21. The Labute approximate surface area is 291 Å². The van der Waals surface area contributed by atoms with E-state index in [1.165, 1.54) is 19.4 Å². The van der Waals surface area contributed by atoms with E-state index in [1.54, 1.807) is 25.3 Å². The Kier molecular flexibility index (Phi) is 13.6. The molecule has 10 nitrogen and oxygen atoms in total. The number of rotatable bonds is 16. The van der Waals surface area contributed by atoms with Gasteiger partial charge in [0.2, 0.25) is 0 Å². The molecule has 264 valence electrons. The monoisotopic (exact) mass is 672 g/mol. The van der Waals surface area contributed by atoms with Crippen molar-refractivity contribution in [2.24, 2.45) is 0 Å². The fourth-order valence-corrected chi connectivity index (χ4v) is 6.24. The maximum atomic E-state index is 14.0. The summed E-state index contributed by atoms with van der Waals surface area (Å²) in [6.07, 6.45) is 8.59. The molecule has 0 radical (unpaired) electrons. The van der Waals surface area contributed by atoms with Gasteiger partial charge in [0.15, 0.2) is 11.5 Å². The van der Waals surface area contributed by atoms with Crippen LogP contribution >= 0.6 is 0 Å². The average Bonchev–Trinajstić information content (AvgIpc) is 3.66. The molecule has 3 aromatic rings. The van der Waals surface area contributed by atoms with Crippen LogP contribution in [0.3, 0.4) is 0 Å². The summed E-state index contributed by atoms with van der Waals surface area (Å²) in [5, 5.41) is 5.71. The molecule has 0 aromatic heterocycles. The van der Waals surface area contributed by atoms with Gasteiger partial charge in [-0.3, -0.25) is 4.79 Å². The smallest absolute Gasteiger partial charge is 0.319 e. The molecule has 2 N–H and O–H groups in total. The zero-order chi connectivity index (χ0) is 34.4. The lowest BCUT2D eigenvalue weighted by Crippen LogP contribution is -2.41. The molecule has 1 unspecified atom stereocenters. The lowest BCUT2D eigenvalue weighted by Gasteiger charge is -2.32. The molecule has 2 aliphatic rings. The second-order valence-electron chi connectivity index (χ2n) is 12.8. The fourth-order valence-electron chi connectivity index (χ4n) is 6.24. The summed E-state index contributed by atoms with van der Waals surface area (Å²) in [4.78, 5) is 30.6. The number of carbonyl (C=O) groups is 2. The number of amides is 3. The molecule has 2 aliphatic heterocycles. The molecule has 3 aromatic carbocycles. The number of hydrogen-bond donors (Lipinski definition) is 2. The molecule has 0 aliphatic carbocycles. The van der Waals surface area contributed by atoms with Crippen LogP contribution in [0.15, 0.2) is 66.7 Å². The predicted molar refractivity (Wildman–Crippen MR) is 194 cm³/mol. The Morgan fingerprint density at radius 2 is 1.61 bits per heavy atom. The highest BCUT2D eigenvalue weighted by Gasteiger charge is 2.30. The van der Waals surface area contributed by atoms with Crippen LogP contribution in [-0.2, 0) is 4.74 Å². The van der Waals surface area contributed by atoms with Gasteiger partial charge < -0.3 is 39.4 Å². The van der Waals surface area contributed by atoms with Crippen molar-refractivity contribution in [3.63, 3.8) is 0 Å². The summed E-state index contributed by atoms with van der Waals surface area (Å²) < 4.78 is 23.7. The van der Waals surface area contributed by atoms with E-state index in [-0.39, 0.29) is 24.1 Å². The second-order valence-corrected chi connectivity index (χ2v) is 12.8. The van der Waals surface area contributed by atoms with Gasteiger partial charge in [0.1, 0.15) is 17.6 Å². The first-order chi connectivity index (χ1) is 24.0. The standard InChI is InChI=1S/C39H52N4O6/c1-4-6-8-22-40-39(45)41-30-11-18-36(37(27-30)46-3)49-34-16-12-31(13-17-34)43(32-21-26-47-28-32)38(44)29-9-14-33(15-10-29)48-35-19-24-42(25-20-35)23-7-5-2/h9-18,27,32,35H,4-8,19-26,28H2,1-3H3,(H2,40,41,45). The van der Waals surface area contributed by atoms with Crippen molar-refractivity contribution in [2.75, 3.05) is 56.7 Å². The Bertz CT molecular complexity index is 1470. The zero-order valence-corrected chi connectivity index (χ0v) is 29.2. The third-order valence-electron chi connectivity index (χ3n) is 9.09. The van der Waals surface area contributed by atoms with Crippen LogP contribution in [0.1, 0.15) is 75.6 Å². The number of ether oxygens (including phenoxy) is 4. The molecule has 2 saturated heterocycles. The maximum Gasteiger partial charge on any atom is 0.319 e. The molecule has 3 amide bonds. The Morgan fingerprint density at radius 1 is 0.878 bits per heavy atom. The largest absolute Gasteiger partial charge is 0.493 e. The molecular formula is C39H52N4O6. The first-order valence-electron chi connectivity index (χ1n) is 17.9. The minimum absolute atomic E-state index is 0.0722. The molecule has 0 bridgehead atoms. The Morgan fingerprint density at radius 3 is 2.29 bits per heavy atom. The van der Waals surface area contributed by atoms with Gasteiger partial charge in [-0.1, -0.05) is 33.1 Å². The molecular weight excluding hydrogens is 620 g/mol. The van der Waals surface area contributed by atoms with Gasteiger partial charge in [0.05, 0.1) is 19.8 Å². The minimum atomic E-state index is -0.257. The fraction of sp³-hybridized carbons (Fsp3) is 0.487. The number of piperidine rings is 1. The minimum Gasteiger partial charge on any atom is -0.493 e. The number of anilines is 2. The van der Waals surface area contributed by atoms with E-state index in [1.807, 2.05) is 53.4 Å². The molecule has 49 heavy (non-hydrogen) atoms. The van der Waals surface area contributed by atoms with E-state index in [2.05, 4.69) is 29.4 Å². The van der Waals surface area contributed by atoms with Crippen molar-refractivity contribution in [1.29, 1.82) is 0 Å². The van der Waals surface area contributed by atoms with E-state index in [4.69, 9.17) is 18.9 Å². The summed E-state index contributed by atoms with van der Waals surface area (Å²) in [5.74, 6) is 2.29. The number of carbonyl (C=O) groups excluding carboxylic acids is 2. The van der Waals surface area contributed by atoms with E-state index >= 15 is 0 Å². The van der Waals surface area contributed by atoms with E-state index < -0.39 is 0 Å². The summed E-state index contributed by atoms with van der Waals surface area (Å²) >= 11 is 0. The third kappa shape index (κ3) is 10.4. The van der Waals surface area contributed by atoms with E-state index in [0.717, 1.165) is 63.1 Å². The van der Waals surface area contributed by atoms with Crippen LogP contribution in [0.25, 0.3) is 0 Å². The highest BCUT2D eigenvalue weighted by atomic mass is 16.5. The number of unbranched alkanes of at least 4 members (excludes halogenated alkanes) is 3. The van der Waals surface area contributed by atoms with Crippen molar-refractivity contribution in [2.45, 2.75) is 77.4 Å².